The second-order valence-corrected chi connectivity index (χ2v) is 5.46. The van der Waals surface area contributed by atoms with Crippen molar-refractivity contribution in [2.75, 3.05) is 13.2 Å². The van der Waals surface area contributed by atoms with E-state index in [2.05, 4.69) is 5.32 Å². The third kappa shape index (κ3) is 4.68. The maximum Gasteiger partial charge on any atom is 0.251 e. The third-order valence-corrected chi connectivity index (χ3v) is 3.55. The fraction of sp³-hybridized carbons (Fsp3) is 0.235. The Bertz CT molecular complexity index is 707. The number of hydrogen-bond donors (Lipinski definition) is 2. The van der Waals surface area contributed by atoms with E-state index in [1.807, 2.05) is 13.0 Å². The summed E-state index contributed by atoms with van der Waals surface area (Å²) in [5, 5.41) is 2.80. The molecule has 2 aromatic rings. The molecule has 0 heterocycles. The average molecular weight is 337 g/mol. The molecule has 0 aliphatic rings. The lowest BCUT2D eigenvalue weighted by Crippen LogP contribution is -2.23. The molecule has 0 unspecified atom stereocenters. The maximum absolute atomic E-state index is 13.1. The van der Waals surface area contributed by atoms with Crippen LogP contribution in [0.1, 0.15) is 21.5 Å². The van der Waals surface area contributed by atoms with Gasteiger partial charge in [-0.3, -0.25) is 4.79 Å². The summed E-state index contributed by atoms with van der Waals surface area (Å²) in [6.45, 7) is 2.95. The Morgan fingerprint density at radius 2 is 2.09 bits per heavy atom. The van der Waals surface area contributed by atoms with Gasteiger partial charge in [-0.15, -0.1) is 0 Å². The molecule has 3 N–H and O–H groups in total. The van der Waals surface area contributed by atoms with Crippen molar-refractivity contribution in [3.05, 3.63) is 63.9 Å². The quantitative estimate of drug-likeness (QED) is 0.852. The predicted octanol–water partition coefficient (Wildman–Crippen LogP) is 3.06. The molecule has 2 rings (SSSR count). The Labute approximate surface area is 139 Å². The van der Waals surface area contributed by atoms with E-state index >= 15 is 0 Å². The number of rotatable bonds is 6. The minimum Gasteiger partial charge on any atom is -0.492 e. The van der Waals surface area contributed by atoms with Crippen molar-refractivity contribution in [3.63, 3.8) is 0 Å². The van der Waals surface area contributed by atoms with Crippen LogP contribution in [0.25, 0.3) is 0 Å². The lowest BCUT2D eigenvalue weighted by Gasteiger charge is -2.11. The monoisotopic (exact) mass is 336 g/mol. The van der Waals surface area contributed by atoms with Crippen molar-refractivity contribution in [2.45, 2.75) is 13.5 Å². The second kappa shape index (κ2) is 7.94. The highest BCUT2D eigenvalue weighted by molar-refractivity contribution is 6.30. The van der Waals surface area contributed by atoms with Crippen LogP contribution in [0.2, 0.25) is 5.02 Å². The lowest BCUT2D eigenvalue weighted by molar-refractivity contribution is 0.0950. The van der Waals surface area contributed by atoms with Crippen LogP contribution in [0.5, 0.6) is 5.75 Å². The first-order chi connectivity index (χ1) is 11.0. The highest BCUT2D eigenvalue weighted by Crippen LogP contribution is 2.20. The summed E-state index contributed by atoms with van der Waals surface area (Å²) in [5.74, 6) is -0.0991. The van der Waals surface area contributed by atoms with Gasteiger partial charge in [0.1, 0.15) is 18.2 Å². The first-order valence-electron chi connectivity index (χ1n) is 7.17. The van der Waals surface area contributed by atoms with Crippen molar-refractivity contribution >= 4 is 17.5 Å². The number of halogens is 2. The zero-order valence-corrected chi connectivity index (χ0v) is 13.5. The molecule has 0 saturated heterocycles. The van der Waals surface area contributed by atoms with Gasteiger partial charge in [0.2, 0.25) is 0 Å². The highest BCUT2D eigenvalue weighted by Gasteiger charge is 2.09. The lowest BCUT2D eigenvalue weighted by atomic mass is 10.1. The summed E-state index contributed by atoms with van der Waals surface area (Å²) >= 11 is 5.72. The zero-order valence-electron chi connectivity index (χ0n) is 12.7. The molecule has 0 radical (unpaired) electrons. The molecular formula is C17H18ClFN2O2. The van der Waals surface area contributed by atoms with E-state index in [4.69, 9.17) is 22.1 Å². The molecule has 0 aliphatic heterocycles. The number of aryl methyl sites for hydroxylation is 1. The molecule has 0 bridgehead atoms. The predicted molar refractivity (Wildman–Crippen MR) is 88.3 cm³/mol. The number of carbonyl (C=O) groups is 1. The molecule has 23 heavy (non-hydrogen) atoms. The van der Waals surface area contributed by atoms with Crippen LogP contribution in [0, 0.1) is 12.7 Å². The molecule has 0 fully saturated rings. The van der Waals surface area contributed by atoms with Crippen LogP contribution in [0.3, 0.4) is 0 Å². The van der Waals surface area contributed by atoms with E-state index in [1.165, 1.54) is 12.1 Å². The van der Waals surface area contributed by atoms with Gasteiger partial charge in [-0.25, -0.2) is 4.39 Å². The molecule has 122 valence electrons. The second-order valence-electron chi connectivity index (χ2n) is 5.05. The molecule has 6 heteroatoms. The highest BCUT2D eigenvalue weighted by atomic mass is 35.5. The van der Waals surface area contributed by atoms with Gasteiger partial charge in [0.25, 0.3) is 5.91 Å². The summed E-state index contributed by atoms with van der Waals surface area (Å²) in [6.07, 6.45) is 0. The summed E-state index contributed by atoms with van der Waals surface area (Å²) in [4.78, 5) is 12.2. The first kappa shape index (κ1) is 17.2. The topological polar surface area (TPSA) is 64.3 Å². The number of nitrogens with two attached hydrogens (primary N) is 1. The van der Waals surface area contributed by atoms with Gasteiger partial charge in [-0.2, -0.15) is 0 Å². The Morgan fingerprint density at radius 1 is 1.30 bits per heavy atom. The summed E-state index contributed by atoms with van der Waals surface area (Å²) in [5.41, 5.74) is 7.55. The van der Waals surface area contributed by atoms with Crippen molar-refractivity contribution < 1.29 is 13.9 Å². The Morgan fingerprint density at radius 3 is 2.78 bits per heavy atom. The Hall–Kier alpha value is -2.11. The fourth-order valence-electron chi connectivity index (χ4n) is 2.00. The molecule has 2 aromatic carbocycles. The van der Waals surface area contributed by atoms with Crippen LogP contribution >= 0.6 is 11.6 Å². The largest absolute Gasteiger partial charge is 0.492 e. The van der Waals surface area contributed by atoms with Gasteiger partial charge in [-0.05, 0) is 42.3 Å². The maximum atomic E-state index is 13.1. The molecule has 0 aromatic heterocycles. The van der Waals surface area contributed by atoms with Crippen molar-refractivity contribution in [2.24, 2.45) is 5.73 Å². The Balaban J connectivity index is 2.03. The van der Waals surface area contributed by atoms with E-state index in [0.717, 1.165) is 11.1 Å². The van der Waals surface area contributed by atoms with E-state index in [1.54, 1.807) is 18.2 Å². The van der Waals surface area contributed by atoms with E-state index in [0.29, 0.717) is 24.5 Å². The Kier molecular flexibility index (Phi) is 5.96. The smallest absolute Gasteiger partial charge is 0.251 e. The van der Waals surface area contributed by atoms with Crippen LogP contribution in [0.4, 0.5) is 4.39 Å². The van der Waals surface area contributed by atoms with Gasteiger partial charge in [0.15, 0.2) is 0 Å². The minimum atomic E-state index is -0.484. The fourth-order valence-corrected chi connectivity index (χ4v) is 2.20. The van der Waals surface area contributed by atoms with Gasteiger partial charge in [0.05, 0.1) is 5.02 Å². The van der Waals surface area contributed by atoms with E-state index in [9.17, 15) is 9.18 Å². The molecule has 0 spiro atoms. The molecule has 1 amide bonds. The average Bonchev–Trinajstić information content (AvgIpc) is 2.55. The molecule has 0 saturated carbocycles. The van der Waals surface area contributed by atoms with E-state index < -0.39 is 5.82 Å². The standard InChI is InChI=1S/C17H18ClFN2O2/c1-11-2-4-13(9-16(11)23-7-6-20)17(22)21-10-12-3-5-15(19)14(18)8-12/h2-5,8-9H,6-7,10,20H2,1H3,(H,21,22). The summed E-state index contributed by atoms with van der Waals surface area (Å²) in [6, 6.07) is 9.55. The van der Waals surface area contributed by atoms with Gasteiger partial charge in [-0.1, -0.05) is 23.7 Å². The van der Waals surface area contributed by atoms with Crippen molar-refractivity contribution in [1.82, 2.24) is 5.32 Å². The van der Waals surface area contributed by atoms with Gasteiger partial charge in [0, 0.05) is 18.7 Å². The number of benzene rings is 2. The molecular weight excluding hydrogens is 319 g/mol. The third-order valence-electron chi connectivity index (χ3n) is 3.26. The number of amides is 1. The van der Waals surface area contributed by atoms with Crippen molar-refractivity contribution in [1.29, 1.82) is 0 Å². The SMILES string of the molecule is Cc1ccc(C(=O)NCc2ccc(F)c(Cl)c2)cc1OCCN. The number of nitrogens with one attached hydrogen (secondary N) is 1. The minimum absolute atomic E-state index is 0.0320. The van der Waals surface area contributed by atoms with E-state index in [-0.39, 0.29) is 17.5 Å². The summed E-state index contributed by atoms with van der Waals surface area (Å²) in [7, 11) is 0. The number of carbonyl (C=O) groups excluding carboxylic acids is 1. The number of ether oxygens (including phenoxy) is 1. The van der Waals surface area contributed by atoms with Crippen LogP contribution in [-0.2, 0) is 6.54 Å². The van der Waals surface area contributed by atoms with Crippen molar-refractivity contribution in [3.8, 4) is 5.75 Å². The number of hydrogen-bond acceptors (Lipinski definition) is 3. The van der Waals surface area contributed by atoms with Gasteiger partial charge < -0.3 is 15.8 Å². The molecule has 0 atom stereocenters. The van der Waals surface area contributed by atoms with Crippen LogP contribution < -0.4 is 15.8 Å². The van der Waals surface area contributed by atoms with Gasteiger partial charge >= 0.3 is 0 Å². The normalized spacial score (nSPS) is 10.4. The molecule has 4 nitrogen and oxygen atoms in total. The summed E-state index contributed by atoms with van der Waals surface area (Å²) < 4.78 is 18.6. The molecule has 0 aliphatic carbocycles. The van der Waals surface area contributed by atoms with Crippen LogP contribution in [-0.4, -0.2) is 19.1 Å². The first-order valence-corrected chi connectivity index (χ1v) is 7.54. The van der Waals surface area contributed by atoms with Crippen LogP contribution in [0.15, 0.2) is 36.4 Å². The zero-order chi connectivity index (χ0) is 16.8.